The molecule has 1 fully saturated rings. The molecule has 1 aromatic heterocycles. The molecule has 4 heteroatoms. The second kappa shape index (κ2) is 5.75. The van der Waals surface area contributed by atoms with Gasteiger partial charge in [-0.25, -0.2) is 4.98 Å². The molecule has 16 heavy (non-hydrogen) atoms. The fraction of sp³-hybridized carbons (Fsp3) is 0.750. The van der Waals surface area contributed by atoms with Crippen LogP contribution in [-0.4, -0.2) is 11.0 Å². The third-order valence-electron chi connectivity index (χ3n) is 3.42. The molecule has 0 bridgehead atoms. The molecule has 1 aliphatic rings. The molecule has 0 radical (unpaired) electrons. The molecule has 1 saturated carbocycles. The molecule has 0 saturated heterocycles. The van der Waals surface area contributed by atoms with Crippen LogP contribution in [0.3, 0.4) is 0 Å². The van der Waals surface area contributed by atoms with Gasteiger partial charge in [0.25, 0.3) is 0 Å². The predicted molar refractivity (Wildman–Crippen MR) is 68.2 cm³/mol. The van der Waals surface area contributed by atoms with Gasteiger partial charge in [0, 0.05) is 23.5 Å². The van der Waals surface area contributed by atoms with E-state index in [1.54, 1.807) is 11.3 Å². The van der Waals surface area contributed by atoms with Gasteiger partial charge in [-0.3, -0.25) is 11.3 Å². The van der Waals surface area contributed by atoms with Gasteiger partial charge in [0.05, 0.1) is 5.01 Å². The van der Waals surface area contributed by atoms with Crippen molar-refractivity contribution in [1.29, 1.82) is 0 Å². The van der Waals surface area contributed by atoms with Crippen molar-refractivity contribution < 1.29 is 0 Å². The minimum atomic E-state index is 0.397. The van der Waals surface area contributed by atoms with E-state index in [4.69, 9.17) is 5.84 Å². The molecule has 1 heterocycles. The van der Waals surface area contributed by atoms with Crippen LogP contribution in [0.4, 0.5) is 0 Å². The second-order valence-corrected chi connectivity index (χ2v) is 5.78. The van der Waals surface area contributed by atoms with Crippen molar-refractivity contribution >= 4 is 11.3 Å². The normalized spacial score (nSPS) is 19.1. The molecule has 0 aliphatic heterocycles. The molecule has 1 aliphatic carbocycles. The monoisotopic (exact) mass is 239 g/mol. The maximum absolute atomic E-state index is 5.63. The second-order valence-electron chi connectivity index (χ2n) is 4.84. The summed E-state index contributed by atoms with van der Waals surface area (Å²) in [6.45, 7) is 2.04. The lowest BCUT2D eigenvalue weighted by Gasteiger charge is -2.18. The number of hydrogen-bond acceptors (Lipinski definition) is 4. The van der Waals surface area contributed by atoms with E-state index in [-0.39, 0.29) is 0 Å². The Labute approximate surface area is 101 Å². The molecule has 0 aromatic carbocycles. The maximum atomic E-state index is 5.63. The highest BCUT2D eigenvalue weighted by Crippen LogP contribution is 2.29. The molecule has 0 amide bonds. The van der Waals surface area contributed by atoms with Crippen molar-refractivity contribution in [2.75, 3.05) is 0 Å². The van der Waals surface area contributed by atoms with Crippen LogP contribution < -0.4 is 11.3 Å². The van der Waals surface area contributed by atoms with Crippen LogP contribution in [-0.2, 0) is 6.42 Å². The maximum Gasteiger partial charge on any atom is 0.0944 e. The van der Waals surface area contributed by atoms with E-state index < -0.39 is 0 Å². The highest BCUT2D eigenvalue weighted by Gasteiger charge is 2.20. The Morgan fingerprint density at radius 1 is 1.56 bits per heavy atom. The average Bonchev–Trinajstić information content (AvgIpc) is 2.89. The molecular weight excluding hydrogens is 218 g/mol. The highest BCUT2D eigenvalue weighted by atomic mass is 32.1. The zero-order valence-electron chi connectivity index (χ0n) is 9.91. The number of nitrogens with one attached hydrogen (secondary N) is 1. The number of hydrazine groups is 1. The number of aryl methyl sites for hydroxylation is 1. The molecule has 90 valence electrons. The first-order valence-electron chi connectivity index (χ1n) is 6.15. The smallest absolute Gasteiger partial charge is 0.0944 e. The summed E-state index contributed by atoms with van der Waals surface area (Å²) < 4.78 is 0. The molecule has 1 aromatic rings. The van der Waals surface area contributed by atoms with Gasteiger partial charge in [0.2, 0.25) is 0 Å². The van der Waals surface area contributed by atoms with Crippen molar-refractivity contribution in [3.05, 3.63) is 16.1 Å². The minimum Gasteiger partial charge on any atom is -0.271 e. The Balaban J connectivity index is 1.84. The first-order chi connectivity index (χ1) is 7.78. The Hall–Kier alpha value is -0.450. The van der Waals surface area contributed by atoms with E-state index in [9.17, 15) is 0 Å². The fourth-order valence-corrected chi connectivity index (χ4v) is 3.42. The lowest BCUT2D eigenvalue weighted by atomic mass is 9.97. The summed E-state index contributed by atoms with van der Waals surface area (Å²) in [5, 5.41) is 3.32. The van der Waals surface area contributed by atoms with E-state index in [0.717, 1.165) is 18.0 Å². The lowest BCUT2D eigenvalue weighted by Crippen LogP contribution is -2.38. The van der Waals surface area contributed by atoms with Crippen molar-refractivity contribution in [2.24, 2.45) is 11.8 Å². The zero-order valence-corrected chi connectivity index (χ0v) is 10.7. The fourth-order valence-electron chi connectivity index (χ4n) is 2.57. The third-order valence-corrected chi connectivity index (χ3v) is 4.40. The molecule has 0 spiro atoms. The average molecular weight is 239 g/mol. The molecule has 2 rings (SSSR count). The number of aromatic nitrogens is 1. The zero-order chi connectivity index (χ0) is 11.4. The standard InChI is InChI=1S/C12H21N3S/c1-9-8-16-12(14-9)7-11(15-13)6-10-4-2-3-5-10/h8,10-11,15H,2-7,13H2,1H3. The van der Waals surface area contributed by atoms with E-state index >= 15 is 0 Å². The number of rotatable bonds is 5. The SMILES string of the molecule is Cc1csc(CC(CC2CCCC2)NN)n1. The Kier molecular flexibility index (Phi) is 4.32. The summed E-state index contributed by atoms with van der Waals surface area (Å²) in [5.74, 6) is 6.51. The molecule has 1 atom stereocenters. The van der Waals surface area contributed by atoms with Crippen molar-refractivity contribution in [2.45, 2.75) is 51.5 Å². The summed E-state index contributed by atoms with van der Waals surface area (Å²) in [6, 6.07) is 0.397. The quantitative estimate of drug-likeness (QED) is 0.613. The topological polar surface area (TPSA) is 50.9 Å². The van der Waals surface area contributed by atoms with Gasteiger partial charge in [0.1, 0.15) is 0 Å². The summed E-state index contributed by atoms with van der Waals surface area (Å²) >= 11 is 1.74. The first-order valence-corrected chi connectivity index (χ1v) is 7.03. The highest BCUT2D eigenvalue weighted by molar-refractivity contribution is 7.09. The van der Waals surface area contributed by atoms with Gasteiger partial charge in [-0.2, -0.15) is 0 Å². The van der Waals surface area contributed by atoms with Gasteiger partial charge in [0.15, 0.2) is 0 Å². The molecule has 3 N–H and O–H groups in total. The van der Waals surface area contributed by atoms with Crippen LogP contribution >= 0.6 is 11.3 Å². The van der Waals surface area contributed by atoms with Crippen molar-refractivity contribution in [3.8, 4) is 0 Å². The van der Waals surface area contributed by atoms with Crippen LogP contribution in [0.25, 0.3) is 0 Å². The van der Waals surface area contributed by atoms with Gasteiger partial charge in [-0.1, -0.05) is 25.7 Å². The third kappa shape index (κ3) is 3.27. The molecular formula is C12H21N3S. The van der Waals surface area contributed by atoms with E-state index in [1.165, 1.54) is 37.1 Å². The largest absolute Gasteiger partial charge is 0.271 e. The predicted octanol–water partition coefficient (Wildman–Crippen LogP) is 2.41. The van der Waals surface area contributed by atoms with E-state index in [0.29, 0.717) is 6.04 Å². The summed E-state index contributed by atoms with van der Waals surface area (Å²) in [4.78, 5) is 4.50. The van der Waals surface area contributed by atoms with Gasteiger partial charge in [-0.05, 0) is 19.3 Å². The van der Waals surface area contributed by atoms with Crippen LogP contribution in [0.15, 0.2) is 5.38 Å². The lowest BCUT2D eigenvalue weighted by molar-refractivity contribution is 0.389. The number of hydrogen-bond donors (Lipinski definition) is 2. The van der Waals surface area contributed by atoms with E-state index in [2.05, 4.69) is 15.8 Å². The van der Waals surface area contributed by atoms with Gasteiger partial charge in [-0.15, -0.1) is 11.3 Å². The van der Waals surface area contributed by atoms with Crippen LogP contribution in [0.2, 0.25) is 0 Å². The summed E-state index contributed by atoms with van der Waals surface area (Å²) in [7, 11) is 0. The molecule has 1 unspecified atom stereocenters. The number of nitrogens with two attached hydrogens (primary N) is 1. The summed E-state index contributed by atoms with van der Waals surface area (Å²) in [5.41, 5.74) is 4.08. The van der Waals surface area contributed by atoms with Crippen molar-refractivity contribution in [3.63, 3.8) is 0 Å². The Bertz CT molecular complexity index is 318. The van der Waals surface area contributed by atoms with Crippen LogP contribution in [0.1, 0.15) is 42.8 Å². The summed E-state index contributed by atoms with van der Waals surface area (Å²) in [6.07, 6.45) is 7.75. The van der Waals surface area contributed by atoms with Gasteiger partial charge < -0.3 is 0 Å². The number of nitrogens with zero attached hydrogens (tertiary/aromatic N) is 1. The Morgan fingerprint density at radius 3 is 2.88 bits per heavy atom. The molecule has 3 nitrogen and oxygen atoms in total. The first kappa shape index (κ1) is 12.0. The van der Waals surface area contributed by atoms with E-state index in [1.807, 2.05) is 6.92 Å². The minimum absolute atomic E-state index is 0.397. The Morgan fingerprint density at radius 2 is 2.31 bits per heavy atom. The van der Waals surface area contributed by atoms with Crippen LogP contribution in [0, 0.1) is 12.8 Å². The van der Waals surface area contributed by atoms with Crippen molar-refractivity contribution in [1.82, 2.24) is 10.4 Å². The number of thiazole rings is 1. The van der Waals surface area contributed by atoms with Gasteiger partial charge >= 0.3 is 0 Å². The van der Waals surface area contributed by atoms with Crippen LogP contribution in [0.5, 0.6) is 0 Å².